The molecule has 3 rings (SSSR count). The van der Waals surface area contributed by atoms with Crippen molar-refractivity contribution in [3.63, 3.8) is 0 Å². The number of anilines is 1. The minimum Gasteiger partial charge on any atom is -0.495 e. The summed E-state index contributed by atoms with van der Waals surface area (Å²) < 4.78 is 5.37. The zero-order valence-electron chi connectivity index (χ0n) is 13.3. The van der Waals surface area contributed by atoms with E-state index in [0.717, 1.165) is 30.8 Å². The molecule has 0 saturated carbocycles. The average Bonchev–Trinajstić information content (AvgIpc) is 2.96. The van der Waals surface area contributed by atoms with Gasteiger partial charge in [-0.3, -0.25) is 4.79 Å². The highest BCUT2D eigenvalue weighted by Gasteiger charge is 2.32. The third kappa shape index (κ3) is 3.45. The number of para-hydroxylation sites is 2. The first-order valence-corrected chi connectivity index (χ1v) is 7.95. The van der Waals surface area contributed by atoms with Crippen molar-refractivity contribution in [1.29, 1.82) is 0 Å². The van der Waals surface area contributed by atoms with Gasteiger partial charge in [0.2, 0.25) is 5.91 Å². The van der Waals surface area contributed by atoms with Crippen LogP contribution in [-0.2, 0) is 4.79 Å². The van der Waals surface area contributed by atoms with E-state index in [4.69, 9.17) is 4.74 Å². The number of hydrogen-bond acceptors (Lipinski definition) is 2. The number of benzene rings is 2. The zero-order valence-corrected chi connectivity index (χ0v) is 13.3. The highest BCUT2D eigenvalue weighted by atomic mass is 16.5. The van der Waals surface area contributed by atoms with Gasteiger partial charge in [-0.2, -0.15) is 0 Å². The van der Waals surface area contributed by atoms with Crippen molar-refractivity contribution >= 4 is 17.7 Å². The zero-order chi connectivity index (χ0) is 16.1. The van der Waals surface area contributed by atoms with Crippen LogP contribution in [-0.4, -0.2) is 19.6 Å². The van der Waals surface area contributed by atoms with Gasteiger partial charge in [-0.25, -0.2) is 0 Å². The Bertz CT molecular complexity index is 694. The van der Waals surface area contributed by atoms with Crippen LogP contribution in [0.1, 0.15) is 18.4 Å². The Kier molecular flexibility index (Phi) is 4.77. The van der Waals surface area contributed by atoms with E-state index in [1.165, 1.54) is 5.56 Å². The molecule has 1 unspecified atom stereocenters. The van der Waals surface area contributed by atoms with Crippen LogP contribution in [0.25, 0.3) is 6.08 Å². The van der Waals surface area contributed by atoms with Gasteiger partial charge in [0.25, 0.3) is 0 Å². The van der Waals surface area contributed by atoms with Gasteiger partial charge in [-0.1, -0.05) is 54.6 Å². The highest BCUT2D eigenvalue weighted by Crippen LogP contribution is 2.33. The van der Waals surface area contributed by atoms with E-state index in [2.05, 4.69) is 24.3 Å². The normalized spacial score (nSPS) is 17.9. The molecule has 0 aliphatic carbocycles. The van der Waals surface area contributed by atoms with Crippen molar-refractivity contribution in [1.82, 2.24) is 0 Å². The average molecular weight is 307 g/mol. The van der Waals surface area contributed by atoms with Crippen LogP contribution >= 0.6 is 0 Å². The number of methoxy groups -OCH3 is 1. The van der Waals surface area contributed by atoms with Crippen molar-refractivity contribution in [3.8, 4) is 5.75 Å². The van der Waals surface area contributed by atoms with Gasteiger partial charge in [0, 0.05) is 12.5 Å². The van der Waals surface area contributed by atoms with Crippen LogP contribution in [0.4, 0.5) is 5.69 Å². The lowest BCUT2D eigenvalue weighted by atomic mass is 10.0. The van der Waals surface area contributed by atoms with Gasteiger partial charge < -0.3 is 9.64 Å². The van der Waals surface area contributed by atoms with E-state index in [-0.39, 0.29) is 11.8 Å². The SMILES string of the molecule is COc1ccccc1N1CCC(C/C=C/c2ccccc2)C1=O. The Morgan fingerprint density at radius 3 is 2.65 bits per heavy atom. The Morgan fingerprint density at radius 2 is 1.87 bits per heavy atom. The van der Waals surface area contributed by atoms with Crippen molar-refractivity contribution in [3.05, 3.63) is 66.2 Å². The standard InChI is InChI=1S/C20H21NO2/c1-23-19-13-6-5-12-18(19)21-15-14-17(20(21)22)11-7-10-16-8-3-2-4-9-16/h2-10,12-13,17H,11,14-15H2,1H3/b10-7+. The Hall–Kier alpha value is -2.55. The third-order valence-corrected chi connectivity index (χ3v) is 4.22. The molecular formula is C20H21NO2. The number of ether oxygens (including phenoxy) is 1. The largest absolute Gasteiger partial charge is 0.495 e. The van der Waals surface area contributed by atoms with Crippen molar-refractivity contribution in [2.45, 2.75) is 12.8 Å². The highest BCUT2D eigenvalue weighted by molar-refractivity contribution is 5.98. The van der Waals surface area contributed by atoms with Crippen molar-refractivity contribution in [2.75, 3.05) is 18.6 Å². The fourth-order valence-electron chi connectivity index (χ4n) is 2.98. The number of carbonyl (C=O) groups is 1. The first kappa shape index (κ1) is 15.3. The molecule has 1 saturated heterocycles. The first-order valence-electron chi connectivity index (χ1n) is 7.95. The smallest absolute Gasteiger partial charge is 0.230 e. The number of nitrogens with zero attached hydrogens (tertiary/aromatic N) is 1. The van der Waals surface area contributed by atoms with E-state index >= 15 is 0 Å². The third-order valence-electron chi connectivity index (χ3n) is 4.22. The number of amides is 1. The molecule has 118 valence electrons. The minimum absolute atomic E-state index is 0.0554. The van der Waals surface area contributed by atoms with Crippen LogP contribution < -0.4 is 9.64 Å². The van der Waals surface area contributed by atoms with Gasteiger partial charge >= 0.3 is 0 Å². The maximum absolute atomic E-state index is 12.7. The molecular weight excluding hydrogens is 286 g/mol. The Labute approximate surface area is 137 Å². The van der Waals surface area contributed by atoms with Gasteiger partial charge in [0.15, 0.2) is 0 Å². The maximum Gasteiger partial charge on any atom is 0.230 e. The molecule has 0 radical (unpaired) electrons. The number of carbonyl (C=O) groups excluding carboxylic acids is 1. The fraction of sp³-hybridized carbons (Fsp3) is 0.250. The molecule has 3 heteroatoms. The van der Waals surface area contributed by atoms with Crippen molar-refractivity contribution < 1.29 is 9.53 Å². The number of allylic oxidation sites excluding steroid dienone is 1. The molecule has 1 fully saturated rings. The molecule has 1 amide bonds. The first-order chi connectivity index (χ1) is 11.3. The monoisotopic (exact) mass is 307 g/mol. The summed E-state index contributed by atoms with van der Waals surface area (Å²) in [5.41, 5.74) is 2.04. The molecule has 1 heterocycles. The molecule has 1 aliphatic rings. The van der Waals surface area contributed by atoms with Crippen LogP contribution in [0, 0.1) is 5.92 Å². The van der Waals surface area contributed by atoms with Gasteiger partial charge in [0.1, 0.15) is 5.75 Å². The molecule has 0 bridgehead atoms. The summed E-state index contributed by atoms with van der Waals surface area (Å²) in [6.07, 6.45) is 5.85. The number of hydrogen-bond donors (Lipinski definition) is 0. The summed E-state index contributed by atoms with van der Waals surface area (Å²) in [5.74, 6) is 0.994. The lowest BCUT2D eigenvalue weighted by molar-refractivity contribution is -0.120. The van der Waals surface area contributed by atoms with E-state index in [0.29, 0.717) is 0 Å². The maximum atomic E-state index is 12.7. The second kappa shape index (κ2) is 7.14. The van der Waals surface area contributed by atoms with E-state index in [1.54, 1.807) is 7.11 Å². The summed E-state index contributed by atoms with van der Waals surface area (Å²) >= 11 is 0. The molecule has 1 aliphatic heterocycles. The van der Waals surface area contributed by atoms with E-state index < -0.39 is 0 Å². The molecule has 1 atom stereocenters. The molecule has 3 nitrogen and oxygen atoms in total. The predicted molar refractivity (Wildman–Crippen MR) is 93.5 cm³/mol. The fourth-order valence-corrected chi connectivity index (χ4v) is 2.98. The van der Waals surface area contributed by atoms with E-state index in [9.17, 15) is 4.79 Å². The molecule has 0 spiro atoms. The predicted octanol–water partition coefficient (Wildman–Crippen LogP) is 4.15. The minimum atomic E-state index is 0.0554. The molecule has 0 aromatic heterocycles. The van der Waals surface area contributed by atoms with Gasteiger partial charge in [0.05, 0.1) is 12.8 Å². The lowest BCUT2D eigenvalue weighted by Gasteiger charge is -2.19. The van der Waals surface area contributed by atoms with Crippen molar-refractivity contribution in [2.24, 2.45) is 5.92 Å². The van der Waals surface area contributed by atoms with E-state index in [1.807, 2.05) is 47.4 Å². The topological polar surface area (TPSA) is 29.5 Å². The Balaban J connectivity index is 1.66. The van der Waals surface area contributed by atoms with Crippen LogP contribution in [0.3, 0.4) is 0 Å². The van der Waals surface area contributed by atoms with Gasteiger partial charge in [-0.05, 0) is 30.5 Å². The summed E-state index contributed by atoms with van der Waals surface area (Å²) in [7, 11) is 1.64. The van der Waals surface area contributed by atoms with Crippen LogP contribution in [0.2, 0.25) is 0 Å². The second-order valence-electron chi connectivity index (χ2n) is 5.70. The molecule has 2 aromatic carbocycles. The van der Waals surface area contributed by atoms with Crippen LogP contribution in [0.15, 0.2) is 60.7 Å². The molecule has 0 N–H and O–H groups in total. The quantitative estimate of drug-likeness (QED) is 0.830. The molecule has 23 heavy (non-hydrogen) atoms. The second-order valence-corrected chi connectivity index (χ2v) is 5.70. The number of rotatable bonds is 5. The molecule has 2 aromatic rings. The lowest BCUT2D eigenvalue weighted by Crippen LogP contribution is -2.27. The Morgan fingerprint density at radius 1 is 1.13 bits per heavy atom. The summed E-state index contributed by atoms with van der Waals surface area (Å²) in [6, 6.07) is 17.9. The van der Waals surface area contributed by atoms with Crippen LogP contribution in [0.5, 0.6) is 5.75 Å². The summed E-state index contributed by atoms with van der Waals surface area (Å²) in [5, 5.41) is 0. The summed E-state index contributed by atoms with van der Waals surface area (Å²) in [4.78, 5) is 14.5. The van der Waals surface area contributed by atoms with Gasteiger partial charge in [-0.15, -0.1) is 0 Å². The summed E-state index contributed by atoms with van der Waals surface area (Å²) in [6.45, 7) is 0.753.